The molecule has 0 radical (unpaired) electrons. The monoisotopic (exact) mass is 414 g/mol. The molecular formula is C22H27ClN4O2. The molecule has 154 valence electrons. The molecule has 7 heteroatoms. The van der Waals surface area contributed by atoms with Crippen LogP contribution in [0, 0.1) is 0 Å². The van der Waals surface area contributed by atoms with E-state index >= 15 is 0 Å². The van der Waals surface area contributed by atoms with Crippen LogP contribution in [0.4, 0.5) is 5.69 Å². The Morgan fingerprint density at radius 1 is 1.03 bits per heavy atom. The quantitative estimate of drug-likeness (QED) is 0.730. The van der Waals surface area contributed by atoms with E-state index in [2.05, 4.69) is 27.5 Å². The van der Waals surface area contributed by atoms with Crippen molar-refractivity contribution >= 4 is 29.1 Å². The molecule has 0 aromatic heterocycles. The molecule has 1 fully saturated rings. The van der Waals surface area contributed by atoms with E-state index in [9.17, 15) is 9.59 Å². The first-order valence-corrected chi connectivity index (χ1v) is 10.2. The Balaban J connectivity index is 1.40. The van der Waals surface area contributed by atoms with Crippen molar-refractivity contribution in [2.45, 2.75) is 6.42 Å². The lowest BCUT2D eigenvalue weighted by molar-refractivity contribution is -0.115. The lowest BCUT2D eigenvalue weighted by atomic mass is 10.1. The van der Waals surface area contributed by atoms with Gasteiger partial charge in [-0.05, 0) is 49.4 Å². The molecule has 29 heavy (non-hydrogen) atoms. The van der Waals surface area contributed by atoms with Crippen LogP contribution in [-0.2, 0) is 11.2 Å². The van der Waals surface area contributed by atoms with E-state index in [-0.39, 0.29) is 18.4 Å². The van der Waals surface area contributed by atoms with Crippen molar-refractivity contribution in [3.05, 3.63) is 64.7 Å². The molecule has 3 rings (SSSR count). The van der Waals surface area contributed by atoms with Gasteiger partial charge in [-0.2, -0.15) is 0 Å². The number of anilines is 1. The number of rotatable bonds is 7. The summed E-state index contributed by atoms with van der Waals surface area (Å²) in [6, 6.07) is 14.5. The van der Waals surface area contributed by atoms with Gasteiger partial charge < -0.3 is 20.4 Å². The van der Waals surface area contributed by atoms with Gasteiger partial charge >= 0.3 is 0 Å². The summed E-state index contributed by atoms with van der Waals surface area (Å²) in [5.41, 5.74) is 2.39. The zero-order valence-electron chi connectivity index (χ0n) is 16.7. The van der Waals surface area contributed by atoms with Crippen LogP contribution in [0.15, 0.2) is 48.5 Å². The van der Waals surface area contributed by atoms with Crippen molar-refractivity contribution in [1.29, 1.82) is 0 Å². The highest BCUT2D eigenvalue weighted by molar-refractivity contribution is 6.31. The number of carbonyl (C=O) groups excluding carboxylic acids is 2. The number of carbonyl (C=O) groups is 2. The molecule has 2 aromatic carbocycles. The predicted octanol–water partition coefficient (Wildman–Crippen LogP) is 2.50. The molecule has 2 N–H and O–H groups in total. The molecule has 1 heterocycles. The van der Waals surface area contributed by atoms with E-state index < -0.39 is 0 Å². The Hall–Kier alpha value is -2.41. The fraction of sp³-hybridized carbons (Fsp3) is 0.364. The first kappa shape index (κ1) is 21.3. The summed E-state index contributed by atoms with van der Waals surface area (Å²) in [5, 5.41) is 5.88. The summed E-state index contributed by atoms with van der Waals surface area (Å²) in [5.74, 6) is -0.604. The Labute approximate surface area is 176 Å². The third-order valence-corrected chi connectivity index (χ3v) is 5.28. The number of hydrogen-bond acceptors (Lipinski definition) is 4. The van der Waals surface area contributed by atoms with Crippen LogP contribution in [0.2, 0.25) is 5.02 Å². The molecule has 0 saturated carbocycles. The summed E-state index contributed by atoms with van der Waals surface area (Å²) in [6.07, 6.45) is 0.994. The first-order valence-electron chi connectivity index (χ1n) is 9.83. The number of amides is 2. The minimum atomic E-state index is -0.332. The summed E-state index contributed by atoms with van der Waals surface area (Å²) < 4.78 is 0. The molecule has 2 aromatic rings. The number of piperazine rings is 1. The normalized spacial score (nSPS) is 15.1. The summed E-state index contributed by atoms with van der Waals surface area (Å²) >= 11 is 5.88. The number of likely N-dealkylation sites (N-methyl/N-ethyl adjacent to an activating group) is 1. The van der Waals surface area contributed by atoms with Crippen LogP contribution < -0.4 is 10.6 Å². The van der Waals surface area contributed by atoms with Gasteiger partial charge in [0.2, 0.25) is 5.91 Å². The van der Waals surface area contributed by atoms with E-state index in [0.29, 0.717) is 10.6 Å². The summed E-state index contributed by atoms with van der Waals surface area (Å²) in [6.45, 7) is 5.43. The van der Waals surface area contributed by atoms with Crippen molar-refractivity contribution in [2.24, 2.45) is 0 Å². The van der Waals surface area contributed by atoms with E-state index in [1.165, 1.54) is 5.56 Å². The van der Waals surface area contributed by atoms with Gasteiger partial charge in [-0.3, -0.25) is 9.59 Å². The van der Waals surface area contributed by atoms with Crippen LogP contribution in [-0.4, -0.2) is 67.9 Å². The molecule has 0 spiro atoms. The minimum absolute atomic E-state index is 0.101. The zero-order valence-corrected chi connectivity index (χ0v) is 17.4. The van der Waals surface area contributed by atoms with Gasteiger partial charge in [0, 0.05) is 49.0 Å². The summed E-state index contributed by atoms with van der Waals surface area (Å²) in [7, 11) is 2.16. The topological polar surface area (TPSA) is 64.7 Å². The van der Waals surface area contributed by atoms with Gasteiger partial charge in [0.05, 0.1) is 6.54 Å². The number of nitrogens with zero attached hydrogens (tertiary/aromatic N) is 2. The van der Waals surface area contributed by atoms with Gasteiger partial charge in [0.25, 0.3) is 5.91 Å². The average Bonchev–Trinajstić information content (AvgIpc) is 2.72. The average molecular weight is 415 g/mol. The smallest absolute Gasteiger partial charge is 0.251 e. The fourth-order valence-corrected chi connectivity index (χ4v) is 3.40. The van der Waals surface area contributed by atoms with E-state index in [4.69, 9.17) is 11.6 Å². The van der Waals surface area contributed by atoms with Gasteiger partial charge in [-0.25, -0.2) is 0 Å². The van der Waals surface area contributed by atoms with Crippen molar-refractivity contribution < 1.29 is 9.59 Å². The Morgan fingerprint density at radius 2 is 1.76 bits per heavy atom. The maximum atomic E-state index is 12.1. The van der Waals surface area contributed by atoms with E-state index in [0.717, 1.165) is 44.8 Å². The number of halogens is 1. The summed E-state index contributed by atoms with van der Waals surface area (Å²) in [4.78, 5) is 29.0. The molecule has 0 unspecified atom stereocenters. The first-order chi connectivity index (χ1) is 14.0. The lowest BCUT2D eigenvalue weighted by Crippen LogP contribution is -2.45. The van der Waals surface area contributed by atoms with Crippen LogP contribution in [0.5, 0.6) is 0 Å². The zero-order chi connectivity index (χ0) is 20.6. The molecule has 1 aliphatic heterocycles. The van der Waals surface area contributed by atoms with Gasteiger partial charge in [-0.15, -0.1) is 0 Å². The molecule has 1 saturated heterocycles. The molecule has 0 aliphatic carbocycles. The highest BCUT2D eigenvalue weighted by Crippen LogP contribution is 2.12. The Bertz CT molecular complexity index is 833. The van der Waals surface area contributed by atoms with Crippen LogP contribution in [0.3, 0.4) is 0 Å². The Kier molecular flexibility index (Phi) is 7.63. The van der Waals surface area contributed by atoms with Crippen LogP contribution in [0.25, 0.3) is 0 Å². The molecule has 0 bridgehead atoms. The van der Waals surface area contributed by atoms with Crippen LogP contribution in [0.1, 0.15) is 15.9 Å². The maximum absolute atomic E-state index is 12.1. The molecule has 2 amide bonds. The number of hydrogen-bond donors (Lipinski definition) is 2. The van der Waals surface area contributed by atoms with Crippen molar-refractivity contribution in [2.75, 3.05) is 51.6 Å². The second-order valence-corrected chi connectivity index (χ2v) is 7.77. The minimum Gasteiger partial charge on any atom is -0.343 e. The highest BCUT2D eigenvalue weighted by atomic mass is 35.5. The van der Waals surface area contributed by atoms with E-state index in [1.807, 2.05) is 24.3 Å². The fourth-order valence-electron chi connectivity index (χ4n) is 3.21. The molecule has 0 atom stereocenters. The van der Waals surface area contributed by atoms with Gasteiger partial charge in [0.15, 0.2) is 0 Å². The SMILES string of the molecule is CN1CCN(CCc2ccc(NC(=O)CNC(=O)c3cccc(Cl)c3)cc2)CC1. The van der Waals surface area contributed by atoms with Crippen molar-refractivity contribution in [1.82, 2.24) is 15.1 Å². The second kappa shape index (κ2) is 10.4. The van der Waals surface area contributed by atoms with Gasteiger partial charge in [-0.1, -0.05) is 29.8 Å². The Morgan fingerprint density at radius 3 is 2.45 bits per heavy atom. The highest BCUT2D eigenvalue weighted by Gasteiger charge is 2.13. The van der Waals surface area contributed by atoms with E-state index in [1.54, 1.807) is 24.3 Å². The predicted molar refractivity (Wildman–Crippen MR) is 116 cm³/mol. The van der Waals surface area contributed by atoms with Crippen molar-refractivity contribution in [3.8, 4) is 0 Å². The second-order valence-electron chi connectivity index (χ2n) is 7.33. The number of nitrogens with one attached hydrogen (secondary N) is 2. The molecule has 6 nitrogen and oxygen atoms in total. The van der Waals surface area contributed by atoms with Crippen LogP contribution >= 0.6 is 11.6 Å². The third-order valence-electron chi connectivity index (χ3n) is 5.05. The largest absolute Gasteiger partial charge is 0.343 e. The van der Waals surface area contributed by atoms with Crippen molar-refractivity contribution in [3.63, 3.8) is 0 Å². The maximum Gasteiger partial charge on any atom is 0.251 e. The standard InChI is InChI=1S/C22H27ClN4O2/c1-26-11-13-27(14-12-26)10-9-17-5-7-20(8-6-17)25-21(28)16-24-22(29)18-3-2-4-19(23)15-18/h2-8,15H,9-14,16H2,1H3,(H,24,29)(H,25,28). The lowest BCUT2D eigenvalue weighted by Gasteiger charge is -2.32. The molecular weight excluding hydrogens is 388 g/mol. The van der Waals surface area contributed by atoms with Gasteiger partial charge in [0.1, 0.15) is 0 Å². The third kappa shape index (κ3) is 6.85. The molecule has 1 aliphatic rings. The number of benzene rings is 2.